The maximum Gasteiger partial charge on any atom is 0.319 e. The highest BCUT2D eigenvalue weighted by Gasteiger charge is 2.60. The van der Waals surface area contributed by atoms with Gasteiger partial charge in [0.15, 0.2) is 11.5 Å². The van der Waals surface area contributed by atoms with Gasteiger partial charge in [0.05, 0.1) is 23.4 Å². The highest BCUT2D eigenvalue weighted by atomic mass is 79.9. The first kappa shape index (κ1) is 23.5. The number of rotatable bonds is 2. The number of carbonyl (C=O) groups is 3. The maximum atomic E-state index is 14.2. The Morgan fingerprint density at radius 1 is 0.800 bits per heavy atom. The van der Waals surface area contributed by atoms with Crippen LogP contribution in [0.4, 0.5) is 5.69 Å². The number of hydrogen-bond donors (Lipinski definition) is 0. The van der Waals surface area contributed by atoms with Gasteiger partial charge in [-0.05, 0) is 46.9 Å². The summed E-state index contributed by atoms with van der Waals surface area (Å²) >= 11 is 3.45. The van der Waals surface area contributed by atoms with Crippen molar-refractivity contribution in [3.63, 3.8) is 0 Å². The van der Waals surface area contributed by atoms with Crippen LogP contribution in [0.15, 0.2) is 89.4 Å². The fourth-order valence-electron chi connectivity index (χ4n) is 6.60. The smallest absolute Gasteiger partial charge is 0.319 e. The van der Waals surface area contributed by atoms with E-state index in [1.165, 1.54) is 4.90 Å². The van der Waals surface area contributed by atoms with E-state index in [0.717, 1.165) is 26.4 Å². The highest BCUT2D eigenvalue weighted by Crippen LogP contribution is 2.56. The molecule has 196 valence electrons. The molecule has 4 aromatic rings. The first-order valence-corrected chi connectivity index (χ1v) is 13.8. The molecule has 8 heteroatoms. The first-order chi connectivity index (χ1) is 19.5. The fourth-order valence-corrected chi connectivity index (χ4v) is 6.99. The molecule has 0 spiro atoms. The van der Waals surface area contributed by atoms with Crippen LogP contribution in [-0.4, -0.2) is 24.6 Å². The SMILES string of the molecule is O=C1Oc2c(ccc3ccccc23)C2=C[C@H](c3ccc4c(c3)OCO4)[C@@H]3C(=O)N(c4cccc(Br)c4)C(=O)[C@@H]3[C@H]12. The lowest BCUT2D eigenvalue weighted by Crippen LogP contribution is -2.42. The molecule has 8 rings (SSSR count). The third-order valence-corrected chi connectivity index (χ3v) is 8.83. The molecule has 0 unspecified atom stereocenters. The minimum Gasteiger partial charge on any atom is -0.454 e. The molecule has 2 amide bonds. The molecule has 7 nitrogen and oxygen atoms in total. The van der Waals surface area contributed by atoms with Crippen molar-refractivity contribution in [2.75, 3.05) is 11.7 Å². The van der Waals surface area contributed by atoms with Crippen LogP contribution >= 0.6 is 15.9 Å². The van der Waals surface area contributed by atoms with Gasteiger partial charge in [-0.3, -0.25) is 14.4 Å². The molecule has 0 saturated carbocycles. The van der Waals surface area contributed by atoms with Crippen LogP contribution in [0.2, 0.25) is 0 Å². The van der Waals surface area contributed by atoms with Gasteiger partial charge >= 0.3 is 5.97 Å². The third kappa shape index (κ3) is 3.26. The van der Waals surface area contributed by atoms with Crippen molar-refractivity contribution in [3.8, 4) is 17.2 Å². The number of esters is 1. The molecule has 1 saturated heterocycles. The van der Waals surface area contributed by atoms with Crippen molar-refractivity contribution >= 4 is 55.7 Å². The molecule has 4 atom stereocenters. The number of amides is 2. The Morgan fingerprint density at radius 2 is 1.62 bits per heavy atom. The number of benzene rings is 4. The minimum absolute atomic E-state index is 0.124. The van der Waals surface area contributed by atoms with Gasteiger partial charge in [0, 0.05) is 21.3 Å². The van der Waals surface area contributed by atoms with Crippen LogP contribution < -0.4 is 19.1 Å². The number of imide groups is 1. The Balaban J connectivity index is 1.35. The number of allylic oxidation sites excluding steroid dienone is 1. The number of nitrogens with zero attached hydrogens (tertiary/aromatic N) is 1. The third-order valence-electron chi connectivity index (χ3n) is 8.33. The van der Waals surface area contributed by atoms with Crippen LogP contribution in [0.3, 0.4) is 0 Å². The lowest BCUT2D eigenvalue weighted by Gasteiger charge is -2.38. The molecule has 1 aliphatic carbocycles. The Morgan fingerprint density at radius 3 is 2.50 bits per heavy atom. The number of hydrogen-bond acceptors (Lipinski definition) is 6. The van der Waals surface area contributed by atoms with Gasteiger partial charge in [0.1, 0.15) is 5.75 Å². The Labute approximate surface area is 237 Å². The molecule has 0 radical (unpaired) electrons. The van der Waals surface area contributed by atoms with Crippen LogP contribution in [0, 0.1) is 17.8 Å². The molecule has 0 bridgehead atoms. The van der Waals surface area contributed by atoms with E-state index >= 15 is 0 Å². The molecular formula is C32H20BrNO6. The second-order valence-corrected chi connectivity index (χ2v) is 11.3. The molecule has 4 aliphatic rings. The van der Waals surface area contributed by atoms with E-state index in [2.05, 4.69) is 15.9 Å². The summed E-state index contributed by atoms with van der Waals surface area (Å²) in [5.74, 6) is -2.68. The van der Waals surface area contributed by atoms with Crippen molar-refractivity contribution in [3.05, 3.63) is 101 Å². The van der Waals surface area contributed by atoms with E-state index < -0.39 is 35.5 Å². The van der Waals surface area contributed by atoms with Crippen LogP contribution in [0.25, 0.3) is 16.3 Å². The van der Waals surface area contributed by atoms with E-state index in [-0.39, 0.29) is 12.7 Å². The van der Waals surface area contributed by atoms with Gasteiger partial charge in [-0.15, -0.1) is 0 Å². The monoisotopic (exact) mass is 593 g/mol. The predicted molar refractivity (Wildman–Crippen MR) is 150 cm³/mol. The number of fused-ring (bicyclic) bond motifs is 8. The summed E-state index contributed by atoms with van der Waals surface area (Å²) in [6, 6.07) is 24.3. The topological polar surface area (TPSA) is 82.1 Å². The molecule has 3 aliphatic heterocycles. The normalized spacial score (nSPS) is 24.4. The van der Waals surface area contributed by atoms with Gasteiger partial charge in [-0.1, -0.05) is 70.5 Å². The number of ether oxygens (including phenoxy) is 3. The minimum atomic E-state index is -0.922. The zero-order chi connectivity index (χ0) is 27.1. The van der Waals surface area contributed by atoms with Gasteiger partial charge in [0.2, 0.25) is 18.6 Å². The van der Waals surface area contributed by atoms with Crippen LogP contribution in [0.5, 0.6) is 17.2 Å². The largest absolute Gasteiger partial charge is 0.454 e. The van der Waals surface area contributed by atoms with Gasteiger partial charge in [-0.25, -0.2) is 4.90 Å². The molecule has 3 heterocycles. The zero-order valence-electron chi connectivity index (χ0n) is 20.9. The second kappa shape index (κ2) is 8.53. The predicted octanol–water partition coefficient (Wildman–Crippen LogP) is 5.85. The Bertz CT molecular complexity index is 1830. The summed E-state index contributed by atoms with van der Waals surface area (Å²) < 4.78 is 17.8. The average Bonchev–Trinajstić information content (AvgIpc) is 3.54. The first-order valence-electron chi connectivity index (χ1n) is 13.0. The number of anilines is 1. The molecular weight excluding hydrogens is 574 g/mol. The summed E-state index contributed by atoms with van der Waals surface area (Å²) in [5, 5.41) is 1.76. The van der Waals surface area contributed by atoms with Crippen LogP contribution in [0.1, 0.15) is 17.0 Å². The molecule has 0 aromatic heterocycles. The highest BCUT2D eigenvalue weighted by molar-refractivity contribution is 9.10. The Kier molecular flexibility index (Phi) is 5.00. The van der Waals surface area contributed by atoms with Crippen molar-refractivity contribution in [2.24, 2.45) is 17.8 Å². The summed E-state index contributed by atoms with van der Waals surface area (Å²) in [4.78, 5) is 43.3. The van der Waals surface area contributed by atoms with Crippen molar-refractivity contribution < 1.29 is 28.6 Å². The number of carbonyl (C=O) groups excluding carboxylic acids is 3. The van der Waals surface area contributed by atoms with Gasteiger partial charge < -0.3 is 14.2 Å². The molecule has 1 fully saturated rings. The maximum absolute atomic E-state index is 14.2. The summed E-state index contributed by atoms with van der Waals surface area (Å²) in [5.41, 5.74) is 2.73. The lowest BCUT2D eigenvalue weighted by atomic mass is 9.64. The lowest BCUT2D eigenvalue weighted by molar-refractivity contribution is -0.142. The van der Waals surface area contributed by atoms with E-state index in [1.807, 2.05) is 66.7 Å². The quantitative estimate of drug-likeness (QED) is 0.165. The van der Waals surface area contributed by atoms with Crippen LogP contribution in [-0.2, 0) is 14.4 Å². The molecule has 0 N–H and O–H groups in total. The van der Waals surface area contributed by atoms with Crippen molar-refractivity contribution in [1.29, 1.82) is 0 Å². The van der Waals surface area contributed by atoms with E-state index in [4.69, 9.17) is 14.2 Å². The zero-order valence-corrected chi connectivity index (χ0v) is 22.5. The van der Waals surface area contributed by atoms with E-state index in [0.29, 0.717) is 28.5 Å². The van der Waals surface area contributed by atoms with Crippen molar-refractivity contribution in [2.45, 2.75) is 5.92 Å². The standard InChI is InChI=1S/C32H20BrNO6/c33-18-5-3-6-19(13-18)34-30(35)26-22(17-9-11-24-25(12-17)39-15-38-24)14-23-21-10-8-16-4-1-2-7-20(16)29(21)40-32(37)27(23)28(26)31(34)36/h1-14,22,26-28H,15H2/t22-,26+,27-,28+/m1/s1. The summed E-state index contributed by atoms with van der Waals surface area (Å²) in [6.45, 7) is 0.124. The van der Waals surface area contributed by atoms with E-state index in [9.17, 15) is 14.4 Å². The van der Waals surface area contributed by atoms with Gasteiger partial charge in [-0.2, -0.15) is 0 Å². The van der Waals surface area contributed by atoms with Gasteiger partial charge in [0.25, 0.3) is 0 Å². The molecule has 4 aromatic carbocycles. The molecule has 40 heavy (non-hydrogen) atoms. The average molecular weight is 594 g/mol. The summed E-state index contributed by atoms with van der Waals surface area (Å²) in [7, 11) is 0. The second-order valence-electron chi connectivity index (χ2n) is 10.4. The summed E-state index contributed by atoms with van der Waals surface area (Å²) in [6.07, 6.45) is 1.98. The van der Waals surface area contributed by atoms with E-state index in [1.54, 1.807) is 18.2 Å². The Hall–Kier alpha value is -4.43. The van der Waals surface area contributed by atoms with Crippen molar-refractivity contribution in [1.82, 2.24) is 0 Å². The fraction of sp³-hybridized carbons (Fsp3) is 0.156. The number of halogens is 1.